The fraction of sp³-hybridized carbons (Fsp3) is 0.647. The molecule has 2 rings (SSSR count). The van der Waals surface area contributed by atoms with Crippen LogP contribution in [-0.2, 0) is 9.59 Å². The summed E-state index contributed by atoms with van der Waals surface area (Å²) in [6.07, 6.45) is 4.42. The molecule has 1 fully saturated rings. The maximum atomic E-state index is 12.3. The Morgan fingerprint density at radius 1 is 1.25 bits per heavy atom. The van der Waals surface area contributed by atoms with E-state index in [9.17, 15) is 19.7 Å². The van der Waals surface area contributed by atoms with E-state index in [1.54, 1.807) is 0 Å². The van der Waals surface area contributed by atoms with Crippen LogP contribution in [0.4, 0.5) is 10.9 Å². The second-order valence-corrected chi connectivity index (χ2v) is 8.29. The molecule has 154 valence electrons. The van der Waals surface area contributed by atoms with Crippen LogP contribution < -0.4 is 5.32 Å². The number of amides is 2. The van der Waals surface area contributed by atoms with Gasteiger partial charge >= 0.3 is 10.9 Å². The highest BCUT2D eigenvalue weighted by Crippen LogP contribution is 2.20. The van der Waals surface area contributed by atoms with Crippen LogP contribution in [0, 0.1) is 10.1 Å². The highest BCUT2D eigenvalue weighted by Gasteiger charge is 2.23. The predicted molar refractivity (Wildman–Crippen MR) is 112 cm³/mol. The monoisotopic (exact) mass is 427 g/mol. The summed E-state index contributed by atoms with van der Waals surface area (Å²) in [5, 5.41) is 14.7. The molecular formula is C17H25N5O4S2. The van der Waals surface area contributed by atoms with Gasteiger partial charge in [-0.2, -0.15) is 0 Å². The lowest BCUT2D eigenvalue weighted by Gasteiger charge is -2.34. The number of hydrogen-bond donors (Lipinski definition) is 1. The van der Waals surface area contributed by atoms with Crippen LogP contribution in [-0.4, -0.2) is 69.1 Å². The number of nitro groups is 1. The molecule has 0 aromatic carbocycles. The Hall–Kier alpha value is -1.98. The van der Waals surface area contributed by atoms with Crippen LogP contribution in [0.15, 0.2) is 5.38 Å². The quantitative estimate of drug-likeness (QED) is 0.264. The summed E-state index contributed by atoms with van der Waals surface area (Å²) in [6.45, 7) is 4.58. The summed E-state index contributed by atoms with van der Waals surface area (Å²) in [6, 6.07) is 0. The Morgan fingerprint density at radius 3 is 2.54 bits per heavy atom. The zero-order chi connectivity index (χ0) is 20.5. The predicted octanol–water partition coefficient (Wildman–Crippen LogP) is 2.47. The van der Waals surface area contributed by atoms with Gasteiger partial charge in [0, 0.05) is 32.6 Å². The zero-order valence-electron chi connectivity index (χ0n) is 15.9. The SMILES string of the molecule is CC(=S)CCCCCC(=O)N1CCN(CC(=O)Nc2nc([N+](=O)[O-])cs2)CC1. The van der Waals surface area contributed by atoms with Gasteiger partial charge < -0.3 is 15.0 Å². The molecule has 0 bridgehead atoms. The van der Waals surface area contributed by atoms with Crippen molar-refractivity contribution in [3.63, 3.8) is 0 Å². The first-order chi connectivity index (χ1) is 13.3. The van der Waals surface area contributed by atoms with E-state index in [4.69, 9.17) is 12.2 Å². The second kappa shape index (κ2) is 11.1. The fourth-order valence-corrected chi connectivity index (χ4v) is 3.73. The van der Waals surface area contributed by atoms with E-state index < -0.39 is 4.92 Å². The number of nitrogens with zero attached hydrogens (tertiary/aromatic N) is 4. The first-order valence-corrected chi connectivity index (χ1v) is 10.5. The highest BCUT2D eigenvalue weighted by molar-refractivity contribution is 7.80. The zero-order valence-corrected chi connectivity index (χ0v) is 17.5. The van der Waals surface area contributed by atoms with Gasteiger partial charge in [0.2, 0.25) is 11.8 Å². The first kappa shape index (κ1) is 22.3. The van der Waals surface area contributed by atoms with Gasteiger partial charge in [-0.15, -0.1) is 0 Å². The maximum absolute atomic E-state index is 12.3. The number of aromatic nitrogens is 1. The lowest BCUT2D eigenvalue weighted by molar-refractivity contribution is -0.389. The number of hydrogen-bond acceptors (Lipinski definition) is 8. The minimum Gasteiger partial charge on any atom is -0.358 e. The topological polar surface area (TPSA) is 109 Å². The third-order valence-electron chi connectivity index (χ3n) is 4.44. The number of carbonyl (C=O) groups is 2. The number of thiazole rings is 1. The molecule has 1 aromatic rings. The van der Waals surface area contributed by atoms with Gasteiger partial charge in [-0.1, -0.05) is 30.0 Å². The van der Waals surface area contributed by atoms with Gasteiger partial charge in [0.15, 0.2) is 0 Å². The Kier molecular flexibility index (Phi) is 8.87. The fourth-order valence-electron chi connectivity index (χ4n) is 2.91. The molecule has 0 atom stereocenters. The third-order valence-corrected chi connectivity index (χ3v) is 5.39. The molecule has 1 aliphatic heterocycles. The third kappa shape index (κ3) is 7.56. The van der Waals surface area contributed by atoms with E-state index in [1.165, 1.54) is 5.38 Å². The molecule has 0 saturated carbocycles. The van der Waals surface area contributed by atoms with Gasteiger partial charge in [0.1, 0.15) is 0 Å². The molecule has 2 heterocycles. The number of thiocarbonyl (C=S) groups is 1. The van der Waals surface area contributed by atoms with Crippen molar-refractivity contribution >= 4 is 51.2 Å². The molecular weight excluding hydrogens is 402 g/mol. The van der Waals surface area contributed by atoms with Crippen molar-refractivity contribution in [3.05, 3.63) is 15.5 Å². The second-order valence-electron chi connectivity index (χ2n) is 6.74. The van der Waals surface area contributed by atoms with Crippen LogP contribution in [0.25, 0.3) is 0 Å². The smallest absolute Gasteiger partial charge is 0.358 e. The molecule has 1 aromatic heterocycles. The molecule has 1 saturated heterocycles. The van der Waals surface area contributed by atoms with E-state index >= 15 is 0 Å². The number of unbranched alkanes of at least 4 members (excludes halogenated alkanes) is 2. The van der Waals surface area contributed by atoms with Crippen molar-refractivity contribution in [2.24, 2.45) is 0 Å². The number of rotatable bonds is 10. The van der Waals surface area contributed by atoms with E-state index in [2.05, 4.69) is 10.3 Å². The lowest BCUT2D eigenvalue weighted by Crippen LogP contribution is -2.50. The number of anilines is 1. The molecule has 0 spiro atoms. The van der Waals surface area contributed by atoms with Crippen molar-refractivity contribution in [2.45, 2.75) is 39.0 Å². The standard InChI is InChI=1S/C17H25N5O4S2/c1-13(27)5-3-2-4-6-16(24)21-9-7-20(8-10-21)11-15(23)19-17-18-14(12-28-17)22(25)26/h12H,2-11H2,1H3,(H,18,19,23). The minimum atomic E-state index is -0.596. The van der Waals surface area contributed by atoms with Gasteiger partial charge in [-0.25, -0.2) is 0 Å². The molecule has 1 N–H and O–H groups in total. The Balaban J connectivity index is 1.64. The largest absolute Gasteiger partial charge is 0.376 e. The molecule has 1 aliphatic rings. The van der Waals surface area contributed by atoms with E-state index in [1.807, 2.05) is 16.7 Å². The number of piperazine rings is 1. The Bertz CT molecular complexity index is 716. The van der Waals surface area contributed by atoms with Crippen LogP contribution in [0.1, 0.15) is 39.0 Å². The van der Waals surface area contributed by atoms with E-state index in [0.29, 0.717) is 32.6 Å². The number of carbonyl (C=O) groups excluding carboxylic acids is 2. The maximum Gasteiger partial charge on any atom is 0.376 e. The van der Waals surface area contributed by atoms with Crippen LogP contribution in [0.3, 0.4) is 0 Å². The molecule has 0 radical (unpaired) electrons. The van der Waals surface area contributed by atoms with Crippen molar-refractivity contribution < 1.29 is 14.5 Å². The molecule has 2 amide bonds. The summed E-state index contributed by atoms with van der Waals surface area (Å²) >= 11 is 6.07. The van der Waals surface area contributed by atoms with Gasteiger partial charge in [0.05, 0.1) is 11.9 Å². The summed E-state index contributed by atoms with van der Waals surface area (Å²) in [7, 11) is 0. The van der Waals surface area contributed by atoms with Crippen molar-refractivity contribution in [1.82, 2.24) is 14.8 Å². The summed E-state index contributed by atoms with van der Waals surface area (Å²) in [4.78, 5) is 42.9. The Morgan fingerprint density at radius 2 is 1.93 bits per heavy atom. The summed E-state index contributed by atoms with van der Waals surface area (Å²) in [5.41, 5.74) is 0. The van der Waals surface area contributed by atoms with E-state index in [-0.39, 0.29) is 29.3 Å². The van der Waals surface area contributed by atoms with Crippen LogP contribution >= 0.6 is 23.6 Å². The van der Waals surface area contributed by atoms with Crippen molar-refractivity contribution in [3.8, 4) is 0 Å². The normalized spacial score (nSPS) is 14.7. The average Bonchev–Trinajstić information content (AvgIpc) is 3.10. The van der Waals surface area contributed by atoms with Crippen LogP contribution in [0.2, 0.25) is 0 Å². The molecule has 28 heavy (non-hydrogen) atoms. The minimum absolute atomic E-state index is 0.165. The molecule has 0 unspecified atom stereocenters. The molecule has 9 nitrogen and oxygen atoms in total. The molecule has 11 heteroatoms. The van der Waals surface area contributed by atoms with Crippen molar-refractivity contribution in [1.29, 1.82) is 0 Å². The lowest BCUT2D eigenvalue weighted by atomic mass is 10.1. The van der Waals surface area contributed by atoms with Gasteiger partial charge in [0.25, 0.3) is 0 Å². The van der Waals surface area contributed by atoms with Gasteiger partial charge in [-0.3, -0.25) is 19.8 Å². The average molecular weight is 428 g/mol. The summed E-state index contributed by atoms with van der Waals surface area (Å²) < 4.78 is 0. The van der Waals surface area contributed by atoms with E-state index in [0.717, 1.165) is 41.9 Å². The first-order valence-electron chi connectivity index (χ1n) is 9.24. The van der Waals surface area contributed by atoms with Gasteiger partial charge in [-0.05, 0) is 41.0 Å². The molecule has 0 aliphatic carbocycles. The number of nitrogens with one attached hydrogen (secondary N) is 1. The van der Waals surface area contributed by atoms with Crippen molar-refractivity contribution in [2.75, 3.05) is 38.0 Å². The Labute approximate surface area is 173 Å². The highest BCUT2D eigenvalue weighted by atomic mass is 32.1. The summed E-state index contributed by atoms with van der Waals surface area (Å²) in [5.74, 6) is -0.374. The van der Waals surface area contributed by atoms with Crippen LogP contribution in [0.5, 0.6) is 0 Å².